The van der Waals surface area contributed by atoms with Crippen LogP contribution in [-0.4, -0.2) is 20.7 Å². The fraction of sp³-hybridized carbons (Fsp3) is 0.385. The molecule has 3 nitrogen and oxygen atoms in total. The lowest BCUT2D eigenvalue weighted by Crippen LogP contribution is -2.06. The Kier molecular flexibility index (Phi) is 5.47. The van der Waals surface area contributed by atoms with Gasteiger partial charge < -0.3 is 4.57 Å². The number of nitrogens with zero attached hydrogens (tertiary/aromatic N) is 2. The van der Waals surface area contributed by atoms with Gasteiger partial charge in [-0.3, -0.25) is 4.79 Å². The molecule has 1 aromatic heterocycles. The summed E-state index contributed by atoms with van der Waals surface area (Å²) in [6.45, 7) is 5.28. The van der Waals surface area contributed by atoms with E-state index in [2.05, 4.69) is 20.9 Å². The number of allylic oxidation sites excluding steroid dienone is 4. The smallest absolute Gasteiger partial charge is 0.173 e. The Hall–Kier alpha value is -1.23. The predicted octanol–water partition coefficient (Wildman–Crippen LogP) is 3.52. The fourth-order valence-electron chi connectivity index (χ4n) is 1.47. The Bertz CT molecular complexity index is 491. The first-order valence-corrected chi connectivity index (χ1v) is 6.74. The van der Waals surface area contributed by atoms with Gasteiger partial charge in [-0.1, -0.05) is 22.0 Å². The molecule has 0 aliphatic heterocycles. The van der Waals surface area contributed by atoms with Gasteiger partial charge in [0.1, 0.15) is 5.83 Å². The second-order valence-electron chi connectivity index (χ2n) is 3.97. The van der Waals surface area contributed by atoms with Crippen LogP contribution < -0.4 is 0 Å². The zero-order valence-electron chi connectivity index (χ0n) is 10.7. The largest absolute Gasteiger partial charge is 0.328 e. The molecule has 98 valence electrons. The third-order valence-corrected chi connectivity index (χ3v) is 3.13. The van der Waals surface area contributed by atoms with Crippen LogP contribution in [0.4, 0.5) is 4.39 Å². The lowest BCUT2D eigenvalue weighted by atomic mass is 10.1. The highest BCUT2D eigenvalue weighted by Gasteiger charge is 2.13. The van der Waals surface area contributed by atoms with E-state index in [9.17, 15) is 9.18 Å². The minimum absolute atomic E-state index is 0.137. The molecule has 0 radical (unpaired) electrons. The number of hydrogen-bond acceptors (Lipinski definition) is 2. The molecule has 0 bridgehead atoms. The number of carbonyl (C=O) groups excluding carboxylic acids is 1. The van der Waals surface area contributed by atoms with E-state index >= 15 is 0 Å². The first-order chi connectivity index (χ1) is 8.49. The van der Waals surface area contributed by atoms with Crippen LogP contribution in [0.1, 0.15) is 25.6 Å². The molecule has 0 aliphatic carbocycles. The van der Waals surface area contributed by atoms with Crippen LogP contribution >= 0.6 is 15.9 Å². The Morgan fingerprint density at radius 3 is 2.78 bits per heavy atom. The molecule has 1 rings (SSSR count). The van der Waals surface area contributed by atoms with E-state index < -0.39 is 6.04 Å². The van der Waals surface area contributed by atoms with Crippen molar-refractivity contribution in [1.82, 2.24) is 9.55 Å². The molecule has 0 N–H and O–H groups in total. The molecule has 5 heteroatoms. The molecule has 0 saturated carbocycles. The van der Waals surface area contributed by atoms with Gasteiger partial charge in [-0.15, -0.1) is 0 Å². The maximum Gasteiger partial charge on any atom is 0.173 e. The highest BCUT2D eigenvalue weighted by Crippen LogP contribution is 2.20. The monoisotopic (exact) mass is 314 g/mol. The first kappa shape index (κ1) is 14.8. The van der Waals surface area contributed by atoms with Crippen LogP contribution in [0.25, 0.3) is 0 Å². The molecule has 0 unspecified atom stereocenters. The van der Waals surface area contributed by atoms with Crippen LogP contribution in [0, 0.1) is 6.92 Å². The molecule has 1 heterocycles. The van der Waals surface area contributed by atoms with E-state index in [0.717, 1.165) is 5.69 Å². The quantitative estimate of drug-likeness (QED) is 0.473. The molecule has 0 saturated heterocycles. The molecule has 0 aromatic carbocycles. The number of halogens is 2. The van der Waals surface area contributed by atoms with Crippen LogP contribution in [0.2, 0.25) is 0 Å². The normalized spacial score (nSPS) is 14.7. The van der Waals surface area contributed by atoms with Crippen LogP contribution in [-0.2, 0) is 4.79 Å². The average molecular weight is 315 g/mol. The third kappa shape index (κ3) is 3.63. The van der Waals surface area contributed by atoms with E-state index in [0.29, 0.717) is 5.57 Å². The first-order valence-electron chi connectivity index (χ1n) is 5.62. The van der Waals surface area contributed by atoms with Gasteiger partial charge in [0.15, 0.2) is 5.78 Å². The third-order valence-electron chi connectivity index (χ3n) is 2.62. The van der Waals surface area contributed by atoms with Crippen molar-refractivity contribution in [1.29, 1.82) is 0 Å². The number of aryl methyl sites for hydroxylation is 1. The Labute approximate surface area is 115 Å². The summed E-state index contributed by atoms with van der Waals surface area (Å²) >= 11 is 3.07. The van der Waals surface area contributed by atoms with Gasteiger partial charge in [0, 0.05) is 11.8 Å². The lowest BCUT2D eigenvalue weighted by Gasteiger charge is -2.11. The zero-order valence-corrected chi connectivity index (χ0v) is 12.2. The summed E-state index contributed by atoms with van der Waals surface area (Å²) in [5, 5.41) is 0.190. The number of Topliss-reactive ketones (excluding diaryl/α,β-unsaturated/α-hetero) is 1. The number of aromatic nitrogens is 2. The summed E-state index contributed by atoms with van der Waals surface area (Å²) in [4.78, 5) is 15.5. The molecule has 0 aliphatic rings. The van der Waals surface area contributed by atoms with Crippen molar-refractivity contribution in [3.05, 3.63) is 41.8 Å². The summed E-state index contributed by atoms with van der Waals surface area (Å²) in [7, 11) is 0. The Morgan fingerprint density at radius 2 is 2.33 bits per heavy atom. The van der Waals surface area contributed by atoms with Gasteiger partial charge in [0.05, 0.1) is 23.4 Å². The molecule has 0 spiro atoms. The SMILES string of the molecule is C/C=C(\C=C(\F)[C@H](C)n1cnc(C)c1)C(=O)CBr. The molecule has 0 amide bonds. The van der Waals surface area contributed by atoms with Gasteiger partial charge in [-0.2, -0.15) is 0 Å². The second-order valence-corrected chi connectivity index (χ2v) is 4.53. The van der Waals surface area contributed by atoms with Gasteiger partial charge in [-0.25, -0.2) is 9.37 Å². The number of carbonyl (C=O) groups is 1. The topological polar surface area (TPSA) is 34.9 Å². The van der Waals surface area contributed by atoms with Crippen LogP contribution in [0.5, 0.6) is 0 Å². The van der Waals surface area contributed by atoms with E-state index in [1.165, 1.54) is 6.08 Å². The van der Waals surface area contributed by atoms with E-state index in [1.807, 2.05) is 6.92 Å². The van der Waals surface area contributed by atoms with Crippen molar-refractivity contribution in [3.63, 3.8) is 0 Å². The van der Waals surface area contributed by atoms with Crippen LogP contribution in [0.15, 0.2) is 36.1 Å². The Balaban J connectivity index is 2.92. The molecule has 0 fully saturated rings. The number of imidazole rings is 1. The van der Waals surface area contributed by atoms with Gasteiger partial charge in [0.2, 0.25) is 0 Å². The zero-order chi connectivity index (χ0) is 13.7. The van der Waals surface area contributed by atoms with Crippen molar-refractivity contribution in [3.8, 4) is 0 Å². The van der Waals surface area contributed by atoms with Crippen molar-refractivity contribution >= 4 is 21.7 Å². The van der Waals surface area contributed by atoms with Gasteiger partial charge in [0.25, 0.3) is 0 Å². The number of alkyl halides is 1. The summed E-state index contributed by atoms with van der Waals surface area (Å²) in [6, 6.07) is -0.468. The highest BCUT2D eigenvalue weighted by atomic mass is 79.9. The molecule has 1 aromatic rings. The minimum Gasteiger partial charge on any atom is -0.328 e. The second kappa shape index (κ2) is 6.64. The molecular weight excluding hydrogens is 299 g/mol. The summed E-state index contributed by atoms with van der Waals surface area (Å²) in [5.74, 6) is -0.503. The van der Waals surface area contributed by atoms with Crippen molar-refractivity contribution in [2.75, 3.05) is 5.33 Å². The van der Waals surface area contributed by atoms with Crippen molar-refractivity contribution in [2.24, 2.45) is 0 Å². The molecule has 18 heavy (non-hydrogen) atoms. The number of rotatable bonds is 5. The standard InChI is InChI=1S/C13H16BrFN2O/c1-4-11(13(18)6-14)5-12(15)10(3)17-7-9(2)16-8-17/h4-5,7-8,10H,6H2,1-3H3/b11-4+,12-5+/t10-/m0/s1. The summed E-state index contributed by atoms with van der Waals surface area (Å²) < 4.78 is 15.7. The fourth-order valence-corrected chi connectivity index (χ4v) is 1.79. The van der Waals surface area contributed by atoms with E-state index in [4.69, 9.17) is 0 Å². The highest BCUT2D eigenvalue weighted by molar-refractivity contribution is 9.09. The molecule has 1 atom stereocenters. The number of ketones is 1. The van der Waals surface area contributed by atoms with Gasteiger partial charge in [-0.05, 0) is 26.8 Å². The summed E-state index contributed by atoms with van der Waals surface area (Å²) in [5.41, 5.74) is 1.20. The maximum absolute atomic E-state index is 14.0. The average Bonchev–Trinajstić information content (AvgIpc) is 2.80. The predicted molar refractivity (Wildman–Crippen MR) is 73.4 cm³/mol. The minimum atomic E-state index is -0.468. The van der Waals surface area contributed by atoms with Crippen molar-refractivity contribution in [2.45, 2.75) is 26.8 Å². The summed E-state index contributed by atoms with van der Waals surface area (Å²) in [6.07, 6.45) is 6.23. The van der Waals surface area contributed by atoms with E-state index in [1.54, 1.807) is 37.0 Å². The number of hydrogen-bond donors (Lipinski definition) is 0. The maximum atomic E-state index is 14.0. The van der Waals surface area contributed by atoms with E-state index in [-0.39, 0.29) is 16.9 Å². The lowest BCUT2D eigenvalue weighted by molar-refractivity contribution is -0.112. The molecular formula is C13H16BrFN2O. The Morgan fingerprint density at radius 1 is 1.67 bits per heavy atom. The van der Waals surface area contributed by atoms with Crippen molar-refractivity contribution < 1.29 is 9.18 Å². The van der Waals surface area contributed by atoms with Crippen LogP contribution in [0.3, 0.4) is 0 Å². The van der Waals surface area contributed by atoms with Gasteiger partial charge >= 0.3 is 0 Å².